The second kappa shape index (κ2) is 12.9. The summed E-state index contributed by atoms with van der Waals surface area (Å²) < 4.78 is 13.0. The number of nitrogens with one attached hydrogen (secondary N) is 1. The lowest BCUT2D eigenvalue weighted by Crippen LogP contribution is -2.58. The fourth-order valence-corrected chi connectivity index (χ4v) is 7.12. The van der Waals surface area contributed by atoms with E-state index < -0.39 is 53.2 Å². The molecular formula is C34H45N3O7. The molecule has 238 valence electrons. The van der Waals surface area contributed by atoms with E-state index in [0.29, 0.717) is 38.8 Å². The van der Waals surface area contributed by atoms with Crippen LogP contribution in [-0.4, -0.2) is 87.6 Å². The maximum atomic E-state index is 14.5. The maximum absolute atomic E-state index is 14.5. The second-order valence-corrected chi connectivity index (χ2v) is 13.3. The minimum atomic E-state index is -1.37. The molecule has 0 aliphatic carbocycles. The molecule has 3 amide bonds. The Morgan fingerprint density at radius 2 is 1.77 bits per heavy atom. The van der Waals surface area contributed by atoms with Crippen molar-refractivity contribution in [2.45, 2.75) is 95.2 Å². The number of rotatable bonds is 6. The van der Waals surface area contributed by atoms with Crippen molar-refractivity contribution in [2.24, 2.45) is 11.8 Å². The molecule has 0 aromatic heterocycles. The molecule has 2 fully saturated rings. The number of ether oxygens (including phenoxy) is 2. The number of hydrogen-bond acceptors (Lipinski definition) is 7. The van der Waals surface area contributed by atoms with E-state index in [1.807, 2.05) is 63.3 Å². The van der Waals surface area contributed by atoms with Crippen LogP contribution in [0.3, 0.4) is 0 Å². The largest absolute Gasteiger partial charge is 0.455 e. The molecule has 0 saturated carbocycles. The normalized spacial score (nSPS) is 33.4. The van der Waals surface area contributed by atoms with Crippen LogP contribution in [0.15, 0.2) is 54.6 Å². The van der Waals surface area contributed by atoms with E-state index in [1.54, 1.807) is 28.9 Å². The van der Waals surface area contributed by atoms with Gasteiger partial charge in [-0.15, -0.1) is 0 Å². The van der Waals surface area contributed by atoms with Gasteiger partial charge in [0.2, 0.25) is 17.7 Å². The molecule has 10 heteroatoms. The third kappa shape index (κ3) is 5.94. The Balaban J connectivity index is 1.58. The number of allylic oxidation sites excluding steroid dienone is 1. The van der Waals surface area contributed by atoms with Crippen molar-refractivity contribution in [3.8, 4) is 0 Å². The number of nitrogens with zero attached hydrogens (tertiary/aromatic N) is 2. The zero-order valence-corrected chi connectivity index (χ0v) is 26.1. The molecule has 2 N–H and O–H groups in total. The number of esters is 1. The minimum Gasteiger partial charge on any atom is -0.455 e. The number of likely N-dealkylation sites (tertiary alicyclic amines) is 1. The molecule has 1 aromatic carbocycles. The third-order valence-corrected chi connectivity index (χ3v) is 9.21. The molecule has 4 aliphatic heterocycles. The van der Waals surface area contributed by atoms with Crippen molar-refractivity contribution in [1.82, 2.24) is 15.1 Å². The van der Waals surface area contributed by atoms with Gasteiger partial charge in [-0.1, -0.05) is 54.6 Å². The molecule has 0 bridgehead atoms. The van der Waals surface area contributed by atoms with Gasteiger partial charge in [0, 0.05) is 31.7 Å². The van der Waals surface area contributed by atoms with Gasteiger partial charge in [0.05, 0.1) is 18.1 Å². The van der Waals surface area contributed by atoms with Crippen LogP contribution < -0.4 is 5.32 Å². The van der Waals surface area contributed by atoms with E-state index >= 15 is 0 Å². The van der Waals surface area contributed by atoms with Gasteiger partial charge in [-0.25, -0.2) is 0 Å². The Morgan fingerprint density at radius 3 is 2.48 bits per heavy atom. The highest BCUT2D eigenvalue weighted by Crippen LogP contribution is 2.53. The highest BCUT2D eigenvalue weighted by molar-refractivity contribution is 5.99. The van der Waals surface area contributed by atoms with Crippen LogP contribution in [0.25, 0.3) is 0 Å². The lowest BCUT2D eigenvalue weighted by atomic mass is 9.77. The average molecular weight is 608 g/mol. The molecule has 1 spiro atoms. The SMILES string of the molecule is C[C@@H]1NC(=O)CC/C=C\[C@@H]2O[C@@]34C=CCN(C(C)(C)C)C(=O)[C@@H]3N(CCCCCO)C(=O)[C@H]4[C@@H]2C(=O)O[C@H]1c1ccccc1. The van der Waals surface area contributed by atoms with Gasteiger partial charge in [-0.3, -0.25) is 19.2 Å². The lowest BCUT2D eigenvalue weighted by Gasteiger charge is -2.40. The summed E-state index contributed by atoms with van der Waals surface area (Å²) in [5, 5.41) is 12.3. The average Bonchev–Trinajstić information content (AvgIpc) is 3.35. The third-order valence-electron chi connectivity index (χ3n) is 9.21. The molecule has 0 radical (unpaired) electrons. The predicted molar refractivity (Wildman–Crippen MR) is 163 cm³/mol. The van der Waals surface area contributed by atoms with Crippen LogP contribution in [0.5, 0.6) is 0 Å². The molecule has 10 nitrogen and oxygen atoms in total. The summed E-state index contributed by atoms with van der Waals surface area (Å²) >= 11 is 0. The molecule has 2 saturated heterocycles. The van der Waals surface area contributed by atoms with Crippen molar-refractivity contribution in [2.75, 3.05) is 19.7 Å². The molecule has 44 heavy (non-hydrogen) atoms. The van der Waals surface area contributed by atoms with E-state index in [1.165, 1.54) is 0 Å². The number of aliphatic hydroxyl groups is 1. The molecule has 7 atom stereocenters. The van der Waals surface area contributed by atoms with E-state index in [2.05, 4.69) is 5.32 Å². The minimum absolute atomic E-state index is 0.0515. The second-order valence-electron chi connectivity index (χ2n) is 13.3. The summed E-state index contributed by atoms with van der Waals surface area (Å²) in [6.07, 6.45) is 8.18. The topological polar surface area (TPSA) is 125 Å². The molecule has 1 aromatic rings. The van der Waals surface area contributed by atoms with Crippen molar-refractivity contribution < 1.29 is 33.8 Å². The summed E-state index contributed by atoms with van der Waals surface area (Å²) in [4.78, 5) is 59.2. The number of carbonyl (C=O) groups is 4. The Kier molecular flexibility index (Phi) is 9.32. The van der Waals surface area contributed by atoms with E-state index in [9.17, 15) is 24.3 Å². The molecule has 0 unspecified atom stereocenters. The van der Waals surface area contributed by atoms with Crippen LogP contribution in [0, 0.1) is 11.8 Å². The Labute approximate surface area is 259 Å². The van der Waals surface area contributed by atoms with Gasteiger partial charge >= 0.3 is 5.97 Å². The zero-order valence-electron chi connectivity index (χ0n) is 26.1. The number of fused-ring (bicyclic) bond motifs is 2. The summed E-state index contributed by atoms with van der Waals surface area (Å²) in [6, 6.07) is 7.75. The van der Waals surface area contributed by atoms with E-state index in [0.717, 1.165) is 5.56 Å². The molecular weight excluding hydrogens is 562 g/mol. The number of amides is 3. The monoisotopic (exact) mass is 607 g/mol. The van der Waals surface area contributed by atoms with Crippen molar-refractivity contribution in [1.29, 1.82) is 0 Å². The smallest absolute Gasteiger partial charge is 0.313 e. The fourth-order valence-electron chi connectivity index (χ4n) is 7.12. The summed E-state index contributed by atoms with van der Waals surface area (Å²) in [6.45, 7) is 8.38. The van der Waals surface area contributed by atoms with Gasteiger partial charge < -0.3 is 29.7 Å². The number of hydrogen-bond donors (Lipinski definition) is 2. The fraction of sp³-hybridized carbons (Fsp3) is 0.588. The van der Waals surface area contributed by atoms with Crippen LogP contribution in [-0.2, 0) is 28.7 Å². The van der Waals surface area contributed by atoms with Gasteiger partial charge in [0.15, 0.2) is 0 Å². The first-order valence-corrected chi connectivity index (χ1v) is 15.8. The van der Waals surface area contributed by atoms with Crippen LogP contribution in [0.1, 0.15) is 71.5 Å². The van der Waals surface area contributed by atoms with E-state index in [-0.39, 0.29) is 30.7 Å². The zero-order chi connectivity index (χ0) is 31.6. The van der Waals surface area contributed by atoms with Crippen LogP contribution in [0.4, 0.5) is 0 Å². The number of cyclic esters (lactones) is 1. The number of aliphatic hydroxyl groups excluding tert-OH is 1. The van der Waals surface area contributed by atoms with E-state index in [4.69, 9.17) is 9.47 Å². The van der Waals surface area contributed by atoms with Gasteiger partial charge in [-0.2, -0.15) is 0 Å². The quantitative estimate of drug-likeness (QED) is 0.289. The lowest BCUT2D eigenvalue weighted by molar-refractivity contribution is -0.161. The summed E-state index contributed by atoms with van der Waals surface area (Å²) in [7, 11) is 0. The molecule has 5 rings (SSSR count). The number of unbranched alkanes of at least 4 members (excludes halogenated alkanes) is 2. The molecule has 4 heterocycles. The highest BCUT2D eigenvalue weighted by Gasteiger charge is 2.72. The first-order valence-electron chi connectivity index (χ1n) is 15.8. The van der Waals surface area contributed by atoms with Gasteiger partial charge in [0.1, 0.15) is 23.7 Å². The Hall–Kier alpha value is -3.50. The Bertz CT molecular complexity index is 1310. The van der Waals surface area contributed by atoms with Crippen LogP contribution >= 0.6 is 0 Å². The van der Waals surface area contributed by atoms with Crippen molar-refractivity contribution >= 4 is 23.7 Å². The van der Waals surface area contributed by atoms with Crippen LogP contribution in [0.2, 0.25) is 0 Å². The number of benzene rings is 1. The highest BCUT2D eigenvalue weighted by atomic mass is 16.6. The predicted octanol–water partition coefficient (Wildman–Crippen LogP) is 3.07. The molecule has 4 aliphatic rings. The Morgan fingerprint density at radius 1 is 1.02 bits per heavy atom. The maximum Gasteiger partial charge on any atom is 0.313 e. The van der Waals surface area contributed by atoms with Gasteiger partial charge in [-0.05, 0) is 58.9 Å². The standard InChI is InChI=1S/C34H45N3O7/c1-22-28(23-14-7-5-8-15-23)43-32(42)26-24(16-9-10-17-25(39)35-22)44-34-18-13-20-37(33(2,3)4)31(41)29(34)36(30(40)27(26)34)19-11-6-12-21-38/h5,7-9,13-16,18,22,24,26-29,38H,6,10-12,17,19-21H2,1-4H3,(H,35,39)/b16-9-/t22-,24-,26+,27+,28+,29-,34+/m0/s1. The van der Waals surface area contributed by atoms with Crippen molar-refractivity contribution in [3.63, 3.8) is 0 Å². The van der Waals surface area contributed by atoms with Crippen molar-refractivity contribution in [3.05, 3.63) is 60.2 Å². The first-order chi connectivity index (χ1) is 21.0. The summed E-state index contributed by atoms with van der Waals surface area (Å²) in [5.74, 6) is -3.28. The first kappa shape index (κ1) is 31.9. The number of carbonyl (C=O) groups excluding carboxylic acids is 4. The summed E-state index contributed by atoms with van der Waals surface area (Å²) in [5.41, 5.74) is -1.16. The van der Waals surface area contributed by atoms with Gasteiger partial charge in [0.25, 0.3) is 0 Å².